The maximum atomic E-state index is 14.9. The third-order valence-electron chi connectivity index (χ3n) is 10.8. The standard InChI is InChI=1S/C39H44ClF4NO6S/c1-25-6-5-18-37(2)33(17-19-38(37,48)24-45(52(3,49)50)23-26-10-14-29(15-11-26)51-39(42,43)44)30-16-12-27(20-28(46)13-9-25)21-31(30)36(47)22-32-34(40)7-4-8-35(32)41/h4,6-8,10-12,14-16,21,28,33,46,48H,5,9,13,17-20,22-24H2,1-3H3/t28-,33-,37-,38+/m0/s1. The number of fused-ring (bicyclic) bond motifs is 8. The molecule has 3 aromatic carbocycles. The molecule has 2 bridgehead atoms. The fourth-order valence-corrected chi connectivity index (χ4v) is 8.84. The number of alkyl halides is 3. The minimum absolute atomic E-state index is 0.0630. The lowest BCUT2D eigenvalue weighted by molar-refractivity contribution is -0.274. The Hall–Kier alpha value is -3.29. The van der Waals surface area contributed by atoms with Crippen LogP contribution in [0.3, 0.4) is 0 Å². The van der Waals surface area contributed by atoms with Gasteiger partial charge in [-0.3, -0.25) is 4.79 Å². The minimum Gasteiger partial charge on any atom is -0.406 e. The Morgan fingerprint density at radius 3 is 2.44 bits per heavy atom. The van der Waals surface area contributed by atoms with Gasteiger partial charge in [0.1, 0.15) is 11.6 Å². The summed E-state index contributed by atoms with van der Waals surface area (Å²) in [7, 11) is -3.94. The number of aliphatic hydroxyl groups is 2. The molecule has 52 heavy (non-hydrogen) atoms. The van der Waals surface area contributed by atoms with Gasteiger partial charge >= 0.3 is 6.36 Å². The maximum Gasteiger partial charge on any atom is 0.573 e. The van der Waals surface area contributed by atoms with Crippen LogP contribution in [0, 0.1) is 11.2 Å². The van der Waals surface area contributed by atoms with E-state index < -0.39 is 51.0 Å². The van der Waals surface area contributed by atoms with Gasteiger partial charge in [0.05, 0.1) is 18.0 Å². The van der Waals surface area contributed by atoms with Crippen molar-refractivity contribution in [3.8, 4) is 5.75 Å². The topological polar surface area (TPSA) is 104 Å². The minimum atomic E-state index is -4.88. The first-order valence-electron chi connectivity index (χ1n) is 17.2. The van der Waals surface area contributed by atoms with Gasteiger partial charge in [-0.25, -0.2) is 12.8 Å². The zero-order chi connectivity index (χ0) is 38.1. The van der Waals surface area contributed by atoms with Crippen molar-refractivity contribution in [2.75, 3.05) is 12.8 Å². The van der Waals surface area contributed by atoms with Crippen molar-refractivity contribution >= 4 is 27.4 Å². The largest absolute Gasteiger partial charge is 0.573 e. The Labute approximate surface area is 307 Å². The molecule has 2 N–H and O–H groups in total. The van der Waals surface area contributed by atoms with Gasteiger partial charge in [-0.2, -0.15) is 4.31 Å². The number of halogens is 5. The zero-order valence-electron chi connectivity index (χ0n) is 29.3. The van der Waals surface area contributed by atoms with Crippen molar-refractivity contribution < 1.29 is 45.7 Å². The van der Waals surface area contributed by atoms with Crippen molar-refractivity contribution in [1.82, 2.24) is 4.31 Å². The van der Waals surface area contributed by atoms with E-state index in [1.165, 1.54) is 30.3 Å². The highest BCUT2D eigenvalue weighted by Gasteiger charge is 2.58. The Morgan fingerprint density at radius 1 is 1.08 bits per heavy atom. The van der Waals surface area contributed by atoms with Crippen molar-refractivity contribution in [3.05, 3.63) is 111 Å². The highest BCUT2D eigenvalue weighted by Crippen LogP contribution is 2.59. The number of carbonyl (C=O) groups excluding carboxylic acids is 1. The van der Waals surface area contributed by atoms with Gasteiger partial charge in [0.25, 0.3) is 0 Å². The molecule has 3 aromatic rings. The highest BCUT2D eigenvalue weighted by atomic mass is 35.5. The van der Waals surface area contributed by atoms with E-state index in [-0.39, 0.29) is 42.3 Å². The van der Waals surface area contributed by atoms with Gasteiger partial charge in [-0.05, 0) is 105 Å². The van der Waals surface area contributed by atoms with Crippen molar-refractivity contribution in [2.45, 2.75) is 95.7 Å². The molecule has 0 amide bonds. The molecule has 0 spiro atoms. The number of ether oxygens (including phenoxy) is 1. The number of nitrogens with zero attached hydrogens (tertiary/aromatic N) is 1. The molecule has 7 nitrogen and oxygen atoms in total. The van der Waals surface area contributed by atoms with Crippen LogP contribution in [0.25, 0.3) is 0 Å². The number of hydrogen-bond acceptors (Lipinski definition) is 6. The summed E-state index contributed by atoms with van der Waals surface area (Å²) >= 11 is 6.31. The van der Waals surface area contributed by atoms with Crippen LogP contribution in [0.4, 0.5) is 17.6 Å². The van der Waals surface area contributed by atoms with Crippen LogP contribution in [-0.2, 0) is 29.4 Å². The number of sulfonamides is 1. The number of carbonyl (C=O) groups is 1. The SMILES string of the molecule is CC1=CCC[C@@]2(C)[C@@H](CC[C@@]2(O)CN(Cc2ccc(OC(F)(F)F)cc2)S(C)(=O)=O)c2ccc(cc2C(=O)Cc2c(F)cccc2Cl)C[C@@H](O)CC1. The normalized spacial score (nSPS) is 24.3. The molecule has 3 aliphatic carbocycles. The Bertz CT molecular complexity index is 1900. The molecule has 3 aliphatic rings. The number of aliphatic hydroxyl groups excluding tert-OH is 1. The predicted molar refractivity (Wildman–Crippen MR) is 191 cm³/mol. The summed E-state index contributed by atoms with van der Waals surface area (Å²) in [6.07, 6.45) is 0.204. The predicted octanol–water partition coefficient (Wildman–Crippen LogP) is 8.30. The second-order valence-electron chi connectivity index (χ2n) is 14.5. The molecule has 0 radical (unpaired) electrons. The smallest absolute Gasteiger partial charge is 0.406 e. The van der Waals surface area contributed by atoms with Crippen LogP contribution in [0.1, 0.15) is 90.9 Å². The molecular formula is C39H44ClF4NO6S. The lowest BCUT2D eigenvalue weighted by atomic mass is 9.64. The molecule has 1 fully saturated rings. The summed E-state index contributed by atoms with van der Waals surface area (Å²) in [4.78, 5) is 14.1. The Morgan fingerprint density at radius 2 is 1.79 bits per heavy atom. The van der Waals surface area contributed by atoms with E-state index in [9.17, 15) is 41.0 Å². The summed E-state index contributed by atoms with van der Waals surface area (Å²) in [5.74, 6) is -1.86. The molecular weight excluding hydrogens is 722 g/mol. The van der Waals surface area contributed by atoms with Crippen LogP contribution in [-0.4, -0.2) is 59.6 Å². The summed E-state index contributed by atoms with van der Waals surface area (Å²) in [6.45, 7) is 3.37. The fourth-order valence-electron chi connectivity index (χ4n) is 7.78. The van der Waals surface area contributed by atoms with E-state index in [1.54, 1.807) is 6.07 Å². The van der Waals surface area contributed by atoms with Crippen LogP contribution in [0.15, 0.2) is 72.3 Å². The van der Waals surface area contributed by atoms with Gasteiger partial charge in [0.2, 0.25) is 10.0 Å². The molecule has 13 heteroatoms. The summed E-state index contributed by atoms with van der Waals surface area (Å²) in [5, 5.41) is 23.6. The third-order valence-corrected chi connectivity index (χ3v) is 12.3. The van der Waals surface area contributed by atoms with Crippen LogP contribution < -0.4 is 4.74 Å². The molecule has 282 valence electrons. The molecule has 1 saturated carbocycles. The van der Waals surface area contributed by atoms with Gasteiger partial charge in [0.15, 0.2) is 5.78 Å². The zero-order valence-corrected chi connectivity index (χ0v) is 30.9. The first kappa shape index (κ1) is 39.9. The van der Waals surface area contributed by atoms with Gasteiger partial charge in [-0.15, -0.1) is 13.2 Å². The van der Waals surface area contributed by atoms with Crippen molar-refractivity contribution in [2.24, 2.45) is 5.41 Å². The van der Waals surface area contributed by atoms with E-state index in [2.05, 4.69) is 10.8 Å². The first-order valence-corrected chi connectivity index (χ1v) is 19.5. The van der Waals surface area contributed by atoms with Crippen LogP contribution >= 0.6 is 11.6 Å². The molecule has 0 unspecified atom stereocenters. The van der Waals surface area contributed by atoms with E-state index in [4.69, 9.17) is 11.6 Å². The second kappa shape index (κ2) is 15.6. The van der Waals surface area contributed by atoms with Crippen LogP contribution in [0.5, 0.6) is 5.75 Å². The number of Topliss-reactive ketones (excluding diaryl/α,β-unsaturated/α-hetero) is 1. The van der Waals surface area contributed by atoms with Gasteiger partial charge < -0.3 is 14.9 Å². The first-order chi connectivity index (χ1) is 24.3. The number of rotatable bonds is 9. The second-order valence-corrected chi connectivity index (χ2v) is 16.9. The summed E-state index contributed by atoms with van der Waals surface area (Å²) in [6, 6.07) is 14.5. The monoisotopic (exact) mass is 765 g/mol. The molecule has 6 rings (SSSR count). The molecule has 0 aromatic heterocycles. The van der Waals surface area contributed by atoms with E-state index in [0.29, 0.717) is 55.2 Å². The van der Waals surface area contributed by atoms with E-state index >= 15 is 0 Å². The lowest BCUT2D eigenvalue weighted by Crippen LogP contribution is -2.53. The molecule has 0 heterocycles. The lowest BCUT2D eigenvalue weighted by Gasteiger charge is -2.45. The average Bonchev–Trinajstić information content (AvgIpc) is 3.30. The van der Waals surface area contributed by atoms with Crippen molar-refractivity contribution in [3.63, 3.8) is 0 Å². The fraction of sp³-hybridized carbons (Fsp3) is 0.462. The average molecular weight is 766 g/mol. The molecule has 0 aliphatic heterocycles. The Balaban J connectivity index is 1.55. The summed E-state index contributed by atoms with van der Waals surface area (Å²) < 4.78 is 84.6. The van der Waals surface area contributed by atoms with E-state index in [1.807, 2.05) is 26.0 Å². The third kappa shape index (κ3) is 9.25. The quantitative estimate of drug-likeness (QED) is 0.129. The van der Waals surface area contributed by atoms with Gasteiger partial charge in [0, 0.05) is 41.1 Å². The highest BCUT2D eigenvalue weighted by molar-refractivity contribution is 7.88. The number of hydrogen-bond donors (Lipinski definition) is 2. The number of allylic oxidation sites excluding steroid dienone is 2. The Kier molecular flexibility index (Phi) is 12.0. The number of benzene rings is 3. The van der Waals surface area contributed by atoms with Crippen molar-refractivity contribution in [1.29, 1.82) is 0 Å². The van der Waals surface area contributed by atoms with Gasteiger partial charge in [-0.1, -0.05) is 60.5 Å². The van der Waals surface area contributed by atoms with Crippen LogP contribution in [0.2, 0.25) is 5.02 Å². The molecule has 0 saturated heterocycles. The number of ketones is 1. The maximum absolute atomic E-state index is 14.9. The summed E-state index contributed by atoms with van der Waals surface area (Å²) in [5.41, 5.74) is 0.643. The molecule has 4 atom stereocenters. The van der Waals surface area contributed by atoms with E-state index in [0.717, 1.165) is 33.8 Å².